The second kappa shape index (κ2) is 4.94. The van der Waals surface area contributed by atoms with Crippen LogP contribution in [0.2, 0.25) is 0 Å². The van der Waals surface area contributed by atoms with Crippen molar-refractivity contribution in [1.29, 1.82) is 0 Å². The minimum Gasteiger partial charge on any atom is -0.353 e. The molecule has 1 aliphatic rings. The first kappa shape index (κ1) is 12.5. The van der Waals surface area contributed by atoms with Crippen LogP contribution in [0.3, 0.4) is 0 Å². The molecule has 0 bridgehead atoms. The molecule has 0 aromatic heterocycles. The molecule has 88 valence electrons. The van der Waals surface area contributed by atoms with Crippen molar-refractivity contribution in [1.82, 2.24) is 10.6 Å². The Morgan fingerprint density at radius 1 is 1.67 bits per heavy atom. The number of carbonyl (C=O) groups is 1. The van der Waals surface area contributed by atoms with Crippen LogP contribution in [0.4, 0.5) is 0 Å². The van der Waals surface area contributed by atoms with Crippen LogP contribution in [0.1, 0.15) is 33.6 Å². The highest BCUT2D eigenvalue weighted by Crippen LogP contribution is 2.29. The SMILES string of the molecule is C[C@H](N)C(=O)NCC1NCCCC1(C)C. The zero-order valence-corrected chi connectivity index (χ0v) is 9.97. The van der Waals surface area contributed by atoms with E-state index in [1.54, 1.807) is 6.92 Å². The van der Waals surface area contributed by atoms with E-state index in [4.69, 9.17) is 5.73 Å². The predicted molar refractivity (Wildman–Crippen MR) is 61.5 cm³/mol. The molecule has 1 rings (SSSR count). The lowest BCUT2D eigenvalue weighted by Gasteiger charge is -2.39. The molecule has 1 amide bonds. The van der Waals surface area contributed by atoms with Gasteiger partial charge in [0.2, 0.25) is 5.91 Å². The van der Waals surface area contributed by atoms with E-state index < -0.39 is 6.04 Å². The van der Waals surface area contributed by atoms with Gasteiger partial charge in [-0.25, -0.2) is 0 Å². The van der Waals surface area contributed by atoms with Crippen molar-refractivity contribution in [3.63, 3.8) is 0 Å². The normalized spacial score (nSPS) is 27.1. The number of carbonyl (C=O) groups excluding carboxylic acids is 1. The summed E-state index contributed by atoms with van der Waals surface area (Å²) in [5, 5.41) is 6.33. The molecule has 1 unspecified atom stereocenters. The molecule has 1 aliphatic heterocycles. The maximum absolute atomic E-state index is 11.3. The third-order valence-electron chi connectivity index (χ3n) is 3.23. The lowest BCUT2D eigenvalue weighted by atomic mass is 9.77. The molecule has 0 aliphatic carbocycles. The maximum Gasteiger partial charge on any atom is 0.236 e. The standard InChI is InChI=1S/C11H23N3O/c1-8(12)10(15)14-7-9-11(2,3)5-4-6-13-9/h8-9,13H,4-7,12H2,1-3H3,(H,14,15)/t8-,9?/m0/s1. The monoisotopic (exact) mass is 213 g/mol. The molecule has 0 radical (unpaired) electrons. The highest BCUT2D eigenvalue weighted by Gasteiger charge is 2.31. The smallest absolute Gasteiger partial charge is 0.236 e. The Balaban J connectivity index is 2.40. The first-order valence-corrected chi connectivity index (χ1v) is 5.70. The fourth-order valence-corrected chi connectivity index (χ4v) is 1.98. The largest absolute Gasteiger partial charge is 0.353 e. The molecule has 1 fully saturated rings. The van der Waals surface area contributed by atoms with Gasteiger partial charge in [-0.2, -0.15) is 0 Å². The molecule has 4 nitrogen and oxygen atoms in total. The Hall–Kier alpha value is -0.610. The second-order valence-electron chi connectivity index (χ2n) is 5.13. The molecule has 0 spiro atoms. The quantitative estimate of drug-likeness (QED) is 0.628. The van der Waals surface area contributed by atoms with Crippen LogP contribution in [-0.2, 0) is 4.79 Å². The molecule has 0 saturated carbocycles. The summed E-state index contributed by atoms with van der Waals surface area (Å²) in [6.45, 7) is 7.90. The molecular formula is C11H23N3O. The van der Waals surface area contributed by atoms with Crippen LogP contribution < -0.4 is 16.4 Å². The highest BCUT2D eigenvalue weighted by atomic mass is 16.2. The predicted octanol–water partition coefficient (Wildman–Crippen LogP) is 0.228. The first-order chi connectivity index (χ1) is 6.93. The number of nitrogens with one attached hydrogen (secondary N) is 2. The Labute approximate surface area is 92.0 Å². The number of hydrogen-bond donors (Lipinski definition) is 3. The summed E-state index contributed by atoms with van der Waals surface area (Å²) in [5.74, 6) is -0.0711. The summed E-state index contributed by atoms with van der Waals surface area (Å²) in [6.07, 6.45) is 2.42. The number of piperidine rings is 1. The van der Waals surface area contributed by atoms with Gasteiger partial charge in [-0.05, 0) is 31.7 Å². The molecule has 0 aromatic carbocycles. The number of hydrogen-bond acceptors (Lipinski definition) is 3. The van der Waals surface area contributed by atoms with Crippen LogP contribution in [0.15, 0.2) is 0 Å². The lowest BCUT2D eigenvalue weighted by Crippen LogP contribution is -2.54. The molecule has 4 heteroatoms. The minimum absolute atomic E-state index is 0.0711. The fourth-order valence-electron chi connectivity index (χ4n) is 1.98. The summed E-state index contributed by atoms with van der Waals surface area (Å²) in [7, 11) is 0. The van der Waals surface area contributed by atoms with Crippen molar-refractivity contribution in [2.45, 2.75) is 45.7 Å². The number of rotatable bonds is 3. The van der Waals surface area contributed by atoms with E-state index in [2.05, 4.69) is 24.5 Å². The van der Waals surface area contributed by atoms with Crippen LogP contribution >= 0.6 is 0 Å². The van der Waals surface area contributed by atoms with Gasteiger partial charge < -0.3 is 16.4 Å². The molecule has 0 aromatic rings. The van der Waals surface area contributed by atoms with Crippen LogP contribution in [-0.4, -0.2) is 31.1 Å². The van der Waals surface area contributed by atoms with Crippen molar-refractivity contribution < 1.29 is 4.79 Å². The summed E-state index contributed by atoms with van der Waals surface area (Å²) in [5.41, 5.74) is 5.74. The van der Waals surface area contributed by atoms with E-state index in [1.807, 2.05) is 0 Å². The molecular weight excluding hydrogens is 190 g/mol. The van der Waals surface area contributed by atoms with Gasteiger partial charge in [0.25, 0.3) is 0 Å². The first-order valence-electron chi connectivity index (χ1n) is 5.70. The summed E-state index contributed by atoms with van der Waals surface area (Å²) < 4.78 is 0. The number of amides is 1. The summed E-state index contributed by atoms with van der Waals surface area (Å²) >= 11 is 0. The second-order valence-corrected chi connectivity index (χ2v) is 5.13. The van der Waals surface area contributed by atoms with Crippen molar-refractivity contribution in [2.24, 2.45) is 11.1 Å². The molecule has 1 saturated heterocycles. The van der Waals surface area contributed by atoms with Crippen molar-refractivity contribution >= 4 is 5.91 Å². The minimum atomic E-state index is -0.420. The Kier molecular flexibility index (Phi) is 4.11. The third-order valence-corrected chi connectivity index (χ3v) is 3.23. The van der Waals surface area contributed by atoms with E-state index in [0.717, 1.165) is 6.54 Å². The van der Waals surface area contributed by atoms with E-state index in [1.165, 1.54) is 12.8 Å². The Morgan fingerprint density at radius 2 is 2.33 bits per heavy atom. The van der Waals surface area contributed by atoms with Gasteiger partial charge in [0.05, 0.1) is 6.04 Å². The summed E-state index contributed by atoms with van der Waals surface area (Å²) in [6, 6.07) is -0.0642. The molecule has 1 heterocycles. The van der Waals surface area contributed by atoms with Crippen LogP contribution in [0, 0.1) is 5.41 Å². The lowest BCUT2D eigenvalue weighted by molar-refractivity contribution is -0.122. The van der Waals surface area contributed by atoms with E-state index in [0.29, 0.717) is 12.6 Å². The van der Waals surface area contributed by atoms with Gasteiger partial charge in [0.15, 0.2) is 0 Å². The Bertz CT molecular complexity index is 226. The van der Waals surface area contributed by atoms with Gasteiger partial charge in [-0.15, -0.1) is 0 Å². The Morgan fingerprint density at radius 3 is 2.87 bits per heavy atom. The zero-order chi connectivity index (χ0) is 11.5. The molecule has 2 atom stereocenters. The van der Waals surface area contributed by atoms with Crippen molar-refractivity contribution in [2.75, 3.05) is 13.1 Å². The third kappa shape index (κ3) is 3.47. The van der Waals surface area contributed by atoms with Crippen molar-refractivity contribution in [3.05, 3.63) is 0 Å². The van der Waals surface area contributed by atoms with Gasteiger partial charge in [-0.3, -0.25) is 4.79 Å². The van der Waals surface area contributed by atoms with Crippen LogP contribution in [0.25, 0.3) is 0 Å². The van der Waals surface area contributed by atoms with Gasteiger partial charge >= 0.3 is 0 Å². The van der Waals surface area contributed by atoms with Crippen molar-refractivity contribution in [3.8, 4) is 0 Å². The van der Waals surface area contributed by atoms with E-state index >= 15 is 0 Å². The summed E-state index contributed by atoms with van der Waals surface area (Å²) in [4.78, 5) is 11.3. The fraction of sp³-hybridized carbons (Fsp3) is 0.909. The average Bonchev–Trinajstić information content (AvgIpc) is 2.14. The van der Waals surface area contributed by atoms with E-state index in [9.17, 15) is 4.79 Å². The van der Waals surface area contributed by atoms with E-state index in [-0.39, 0.29) is 11.3 Å². The molecule has 4 N–H and O–H groups in total. The average molecular weight is 213 g/mol. The van der Waals surface area contributed by atoms with Gasteiger partial charge in [0, 0.05) is 12.6 Å². The topological polar surface area (TPSA) is 67.2 Å². The van der Waals surface area contributed by atoms with Gasteiger partial charge in [-0.1, -0.05) is 13.8 Å². The number of nitrogens with two attached hydrogens (primary N) is 1. The zero-order valence-electron chi connectivity index (χ0n) is 9.97. The molecule has 15 heavy (non-hydrogen) atoms. The maximum atomic E-state index is 11.3. The highest BCUT2D eigenvalue weighted by molar-refractivity contribution is 5.80. The van der Waals surface area contributed by atoms with Crippen LogP contribution in [0.5, 0.6) is 0 Å². The van der Waals surface area contributed by atoms with Gasteiger partial charge in [0.1, 0.15) is 0 Å².